The van der Waals surface area contributed by atoms with Crippen molar-refractivity contribution in [3.63, 3.8) is 0 Å². The highest BCUT2D eigenvalue weighted by Crippen LogP contribution is 2.20. The molecule has 0 aliphatic carbocycles. The fourth-order valence-electron chi connectivity index (χ4n) is 4.68. The predicted octanol–water partition coefficient (Wildman–Crippen LogP) is 7.12. The number of amides is 1. The maximum absolute atomic E-state index is 12.5. The Kier molecular flexibility index (Phi) is 8.92. The number of benzene rings is 4. The SMILES string of the molecule is O=C(Cc1ccc(-c2ccccc2)cc1)NCCCc1nc2ccccc2n1CCCOc1ccc(Cl)cc1. The third kappa shape index (κ3) is 7.27. The van der Waals surface area contributed by atoms with Gasteiger partial charge >= 0.3 is 0 Å². The van der Waals surface area contributed by atoms with Crippen molar-refractivity contribution < 1.29 is 9.53 Å². The molecule has 1 N–H and O–H groups in total. The van der Waals surface area contributed by atoms with Gasteiger partial charge in [-0.1, -0.05) is 78.3 Å². The molecule has 198 valence electrons. The summed E-state index contributed by atoms with van der Waals surface area (Å²) in [6, 6.07) is 34.1. The third-order valence-electron chi connectivity index (χ3n) is 6.67. The van der Waals surface area contributed by atoms with E-state index in [9.17, 15) is 4.79 Å². The van der Waals surface area contributed by atoms with Gasteiger partial charge < -0.3 is 14.6 Å². The summed E-state index contributed by atoms with van der Waals surface area (Å²) >= 11 is 5.95. The quantitative estimate of drug-likeness (QED) is 0.172. The van der Waals surface area contributed by atoms with Gasteiger partial charge in [-0.25, -0.2) is 4.98 Å². The summed E-state index contributed by atoms with van der Waals surface area (Å²) in [6.07, 6.45) is 2.85. The Balaban J connectivity index is 1.10. The highest BCUT2D eigenvalue weighted by molar-refractivity contribution is 6.30. The molecule has 6 heteroatoms. The molecule has 0 fully saturated rings. The molecule has 0 saturated heterocycles. The number of ether oxygens (including phenoxy) is 1. The van der Waals surface area contributed by atoms with E-state index in [0.717, 1.165) is 59.5 Å². The van der Waals surface area contributed by atoms with Gasteiger partial charge in [0.1, 0.15) is 11.6 Å². The Morgan fingerprint density at radius 2 is 1.54 bits per heavy atom. The van der Waals surface area contributed by atoms with Crippen LogP contribution >= 0.6 is 11.6 Å². The molecule has 0 radical (unpaired) electrons. The van der Waals surface area contributed by atoms with E-state index >= 15 is 0 Å². The first-order chi connectivity index (χ1) is 19.2. The molecule has 0 atom stereocenters. The topological polar surface area (TPSA) is 56.2 Å². The Morgan fingerprint density at radius 1 is 0.821 bits per heavy atom. The van der Waals surface area contributed by atoms with E-state index in [2.05, 4.69) is 40.2 Å². The zero-order valence-electron chi connectivity index (χ0n) is 21.9. The van der Waals surface area contributed by atoms with Crippen LogP contribution in [0.5, 0.6) is 5.75 Å². The minimum Gasteiger partial charge on any atom is -0.494 e. The fraction of sp³-hybridized carbons (Fsp3) is 0.212. The number of aromatic nitrogens is 2. The van der Waals surface area contributed by atoms with Gasteiger partial charge in [-0.05, 0) is 65.9 Å². The van der Waals surface area contributed by atoms with Gasteiger partial charge in [0.15, 0.2) is 0 Å². The zero-order chi connectivity index (χ0) is 26.9. The average Bonchev–Trinajstić information content (AvgIpc) is 3.32. The molecule has 0 aliphatic heterocycles. The molecule has 5 rings (SSSR count). The number of hydrogen-bond acceptors (Lipinski definition) is 3. The number of aryl methyl sites for hydroxylation is 2. The van der Waals surface area contributed by atoms with E-state index in [1.807, 2.05) is 72.8 Å². The smallest absolute Gasteiger partial charge is 0.224 e. The van der Waals surface area contributed by atoms with E-state index in [0.29, 0.717) is 24.6 Å². The van der Waals surface area contributed by atoms with Crippen molar-refractivity contribution in [3.05, 3.63) is 120 Å². The van der Waals surface area contributed by atoms with Gasteiger partial charge in [0, 0.05) is 24.5 Å². The Bertz CT molecular complexity index is 1500. The molecular formula is C33H32ClN3O2. The molecule has 0 unspecified atom stereocenters. The molecule has 1 heterocycles. The van der Waals surface area contributed by atoms with Crippen LogP contribution < -0.4 is 10.1 Å². The van der Waals surface area contributed by atoms with Crippen molar-refractivity contribution in [3.8, 4) is 16.9 Å². The maximum atomic E-state index is 12.5. The van der Waals surface area contributed by atoms with Gasteiger partial charge in [0.25, 0.3) is 0 Å². The number of imidazole rings is 1. The van der Waals surface area contributed by atoms with Gasteiger partial charge in [-0.3, -0.25) is 4.79 Å². The Morgan fingerprint density at radius 3 is 2.33 bits per heavy atom. The summed E-state index contributed by atoms with van der Waals surface area (Å²) in [4.78, 5) is 17.4. The van der Waals surface area contributed by atoms with Crippen LogP contribution in [0.2, 0.25) is 5.02 Å². The van der Waals surface area contributed by atoms with Gasteiger partial charge in [0.05, 0.1) is 24.1 Å². The second-order valence-electron chi connectivity index (χ2n) is 9.52. The van der Waals surface area contributed by atoms with Crippen LogP contribution in [0.15, 0.2) is 103 Å². The summed E-state index contributed by atoms with van der Waals surface area (Å²) in [5.41, 5.74) is 5.46. The first-order valence-corrected chi connectivity index (χ1v) is 13.8. The lowest BCUT2D eigenvalue weighted by Crippen LogP contribution is -2.26. The molecule has 1 aromatic heterocycles. The normalized spacial score (nSPS) is 11.0. The standard InChI is InChI=1S/C33H32ClN3O2/c34-28-17-19-29(20-18-28)39-23-7-22-37-31-11-5-4-10-30(31)36-32(37)12-6-21-35-33(38)24-25-13-15-27(16-14-25)26-8-2-1-3-9-26/h1-5,8-11,13-20H,6-7,12,21-24H2,(H,35,38). The predicted molar refractivity (Wildman–Crippen MR) is 158 cm³/mol. The lowest BCUT2D eigenvalue weighted by atomic mass is 10.0. The molecular weight excluding hydrogens is 506 g/mol. The highest BCUT2D eigenvalue weighted by Gasteiger charge is 2.11. The van der Waals surface area contributed by atoms with Crippen molar-refractivity contribution in [1.82, 2.24) is 14.9 Å². The second-order valence-corrected chi connectivity index (χ2v) is 9.95. The third-order valence-corrected chi connectivity index (χ3v) is 6.92. The summed E-state index contributed by atoms with van der Waals surface area (Å²) in [7, 11) is 0. The average molecular weight is 538 g/mol. The number of fused-ring (bicyclic) bond motifs is 1. The number of nitrogens with zero attached hydrogens (tertiary/aromatic N) is 2. The van der Waals surface area contributed by atoms with E-state index in [-0.39, 0.29) is 5.91 Å². The molecule has 0 saturated carbocycles. The number of halogens is 1. The molecule has 1 amide bonds. The Labute approximate surface area is 234 Å². The zero-order valence-corrected chi connectivity index (χ0v) is 22.6. The number of carbonyl (C=O) groups excluding carboxylic acids is 1. The number of para-hydroxylation sites is 2. The molecule has 0 bridgehead atoms. The minimum atomic E-state index is 0.0373. The summed E-state index contributed by atoms with van der Waals surface area (Å²) < 4.78 is 8.15. The van der Waals surface area contributed by atoms with Crippen LogP contribution in [0.3, 0.4) is 0 Å². The van der Waals surface area contributed by atoms with Crippen LogP contribution in [0.25, 0.3) is 22.2 Å². The van der Waals surface area contributed by atoms with Crippen molar-refractivity contribution in [2.24, 2.45) is 0 Å². The van der Waals surface area contributed by atoms with Crippen molar-refractivity contribution in [2.75, 3.05) is 13.2 Å². The van der Waals surface area contributed by atoms with Crippen molar-refractivity contribution in [1.29, 1.82) is 0 Å². The largest absolute Gasteiger partial charge is 0.494 e. The van der Waals surface area contributed by atoms with Gasteiger partial charge in [0.2, 0.25) is 5.91 Å². The van der Waals surface area contributed by atoms with Crippen LogP contribution in [0, 0.1) is 0 Å². The lowest BCUT2D eigenvalue weighted by molar-refractivity contribution is -0.120. The molecule has 4 aromatic carbocycles. The van der Waals surface area contributed by atoms with E-state index in [1.54, 1.807) is 0 Å². The van der Waals surface area contributed by atoms with E-state index in [1.165, 1.54) is 5.56 Å². The van der Waals surface area contributed by atoms with Crippen LogP contribution in [0.1, 0.15) is 24.2 Å². The molecule has 0 aliphatic rings. The molecule has 0 spiro atoms. The maximum Gasteiger partial charge on any atom is 0.224 e. The van der Waals surface area contributed by atoms with Gasteiger partial charge in [-0.2, -0.15) is 0 Å². The summed E-state index contributed by atoms with van der Waals surface area (Å²) in [5, 5.41) is 3.77. The monoisotopic (exact) mass is 537 g/mol. The Hall–Kier alpha value is -4.09. The highest BCUT2D eigenvalue weighted by atomic mass is 35.5. The van der Waals surface area contributed by atoms with Crippen LogP contribution in [-0.4, -0.2) is 28.6 Å². The molecule has 39 heavy (non-hydrogen) atoms. The van der Waals surface area contributed by atoms with Crippen LogP contribution in [-0.2, 0) is 24.2 Å². The summed E-state index contributed by atoms with van der Waals surface area (Å²) in [5.74, 6) is 1.89. The fourth-order valence-corrected chi connectivity index (χ4v) is 4.80. The molecule has 5 aromatic rings. The first-order valence-electron chi connectivity index (χ1n) is 13.4. The van der Waals surface area contributed by atoms with E-state index < -0.39 is 0 Å². The number of nitrogens with one attached hydrogen (secondary N) is 1. The minimum absolute atomic E-state index is 0.0373. The van der Waals surface area contributed by atoms with E-state index in [4.69, 9.17) is 21.3 Å². The van der Waals surface area contributed by atoms with Crippen LogP contribution in [0.4, 0.5) is 0 Å². The summed E-state index contributed by atoms with van der Waals surface area (Å²) in [6.45, 7) is 2.04. The number of rotatable bonds is 12. The van der Waals surface area contributed by atoms with Crippen molar-refractivity contribution in [2.45, 2.75) is 32.2 Å². The van der Waals surface area contributed by atoms with Crippen molar-refractivity contribution >= 4 is 28.5 Å². The number of hydrogen-bond donors (Lipinski definition) is 1. The number of carbonyl (C=O) groups is 1. The van der Waals surface area contributed by atoms with Gasteiger partial charge in [-0.15, -0.1) is 0 Å². The second kappa shape index (κ2) is 13.1. The lowest BCUT2D eigenvalue weighted by Gasteiger charge is -2.11. The molecule has 5 nitrogen and oxygen atoms in total. The first kappa shape index (κ1) is 26.5.